The third-order valence-electron chi connectivity index (χ3n) is 3.26. The van der Waals surface area contributed by atoms with Crippen LogP contribution in [0.4, 0.5) is 4.39 Å². The summed E-state index contributed by atoms with van der Waals surface area (Å²) in [6, 6.07) is 2.94. The molecule has 1 aromatic carbocycles. The lowest BCUT2D eigenvalue weighted by Crippen LogP contribution is -2.27. The summed E-state index contributed by atoms with van der Waals surface area (Å²) in [6.07, 6.45) is 2.15. The molecule has 2 atom stereocenters. The molecule has 0 bridgehead atoms. The van der Waals surface area contributed by atoms with Gasteiger partial charge in [-0.2, -0.15) is 0 Å². The molecule has 0 amide bonds. The largest absolute Gasteiger partial charge is 0.376 e. The minimum atomic E-state index is -0.196. The molecule has 1 aliphatic heterocycles. The van der Waals surface area contributed by atoms with E-state index < -0.39 is 0 Å². The van der Waals surface area contributed by atoms with Gasteiger partial charge in [0.25, 0.3) is 0 Å². The van der Waals surface area contributed by atoms with E-state index in [2.05, 4.69) is 0 Å². The third kappa shape index (κ3) is 2.11. The van der Waals surface area contributed by atoms with Gasteiger partial charge in [0.05, 0.1) is 12.1 Å². The predicted octanol–water partition coefficient (Wildman–Crippen LogP) is 2.62. The van der Waals surface area contributed by atoms with Crippen LogP contribution in [0, 0.1) is 19.7 Å². The average Bonchev–Trinajstić information content (AvgIpc) is 2.67. The summed E-state index contributed by atoms with van der Waals surface area (Å²) < 4.78 is 18.8. The van der Waals surface area contributed by atoms with Gasteiger partial charge in [0.2, 0.25) is 0 Å². The second-order valence-electron chi connectivity index (χ2n) is 4.53. The molecule has 0 aliphatic carbocycles. The minimum Gasteiger partial charge on any atom is -0.376 e. The molecule has 1 saturated heterocycles. The monoisotopic (exact) mass is 223 g/mol. The molecule has 1 aliphatic rings. The van der Waals surface area contributed by atoms with Gasteiger partial charge in [-0.3, -0.25) is 0 Å². The second kappa shape index (κ2) is 4.52. The zero-order valence-electron chi connectivity index (χ0n) is 9.79. The van der Waals surface area contributed by atoms with Crippen molar-refractivity contribution in [3.05, 3.63) is 34.6 Å². The molecule has 0 aromatic heterocycles. The van der Waals surface area contributed by atoms with E-state index >= 15 is 0 Å². The van der Waals surface area contributed by atoms with Crippen molar-refractivity contribution in [1.82, 2.24) is 0 Å². The van der Waals surface area contributed by atoms with Crippen molar-refractivity contribution >= 4 is 0 Å². The van der Waals surface area contributed by atoms with Gasteiger partial charge < -0.3 is 10.5 Å². The molecule has 0 spiro atoms. The fraction of sp³-hybridized carbons (Fsp3) is 0.538. The van der Waals surface area contributed by atoms with Crippen molar-refractivity contribution in [2.75, 3.05) is 6.61 Å². The van der Waals surface area contributed by atoms with E-state index in [1.54, 1.807) is 0 Å². The van der Waals surface area contributed by atoms with Crippen molar-refractivity contribution in [3.8, 4) is 0 Å². The Morgan fingerprint density at radius 1 is 1.38 bits per heavy atom. The van der Waals surface area contributed by atoms with Gasteiger partial charge >= 0.3 is 0 Å². The van der Waals surface area contributed by atoms with Crippen molar-refractivity contribution in [2.45, 2.75) is 38.8 Å². The van der Waals surface area contributed by atoms with Crippen molar-refractivity contribution in [3.63, 3.8) is 0 Å². The Balaban J connectivity index is 2.31. The van der Waals surface area contributed by atoms with Gasteiger partial charge in [-0.05, 0) is 55.5 Å². The van der Waals surface area contributed by atoms with Crippen LogP contribution in [0.5, 0.6) is 0 Å². The quantitative estimate of drug-likeness (QED) is 0.836. The van der Waals surface area contributed by atoms with E-state index in [9.17, 15) is 4.39 Å². The van der Waals surface area contributed by atoms with E-state index in [0.29, 0.717) is 0 Å². The zero-order valence-corrected chi connectivity index (χ0v) is 9.79. The Morgan fingerprint density at radius 2 is 2.00 bits per heavy atom. The van der Waals surface area contributed by atoms with E-state index in [4.69, 9.17) is 10.5 Å². The molecule has 88 valence electrons. The molecule has 3 heteroatoms. The fourth-order valence-electron chi connectivity index (χ4n) is 2.52. The first-order valence-electron chi connectivity index (χ1n) is 5.73. The normalized spacial score (nSPS) is 22.4. The van der Waals surface area contributed by atoms with Gasteiger partial charge in [0.1, 0.15) is 5.82 Å². The standard InChI is InChI=1S/C13H18FNO/c1-8-6-10(14)7-9(2)12(8)13(15)11-4-3-5-16-11/h6-7,11,13H,3-5,15H2,1-2H3. The molecule has 2 rings (SSSR count). The second-order valence-corrected chi connectivity index (χ2v) is 4.53. The Kier molecular flexibility index (Phi) is 3.26. The summed E-state index contributed by atoms with van der Waals surface area (Å²) in [4.78, 5) is 0. The molecule has 1 fully saturated rings. The summed E-state index contributed by atoms with van der Waals surface area (Å²) in [5.41, 5.74) is 9.07. The molecule has 1 aromatic rings. The number of rotatable bonds is 2. The van der Waals surface area contributed by atoms with E-state index in [0.717, 1.165) is 36.1 Å². The number of hydrogen-bond acceptors (Lipinski definition) is 2. The molecule has 2 nitrogen and oxygen atoms in total. The van der Waals surface area contributed by atoms with E-state index in [1.807, 2.05) is 13.8 Å². The molecule has 16 heavy (non-hydrogen) atoms. The summed E-state index contributed by atoms with van der Waals surface area (Å²) in [6.45, 7) is 4.60. The van der Waals surface area contributed by atoms with Crippen LogP contribution in [0.2, 0.25) is 0 Å². The van der Waals surface area contributed by atoms with Crippen LogP contribution in [-0.2, 0) is 4.74 Å². The molecule has 2 N–H and O–H groups in total. The number of ether oxygens (including phenoxy) is 1. The summed E-state index contributed by atoms with van der Waals surface area (Å²) >= 11 is 0. The smallest absolute Gasteiger partial charge is 0.123 e. The predicted molar refractivity (Wildman–Crippen MR) is 61.8 cm³/mol. The maximum absolute atomic E-state index is 13.2. The summed E-state index contributed by atoms with van der Waals surface area (Å²) in [5.74, 6) is -0.196. The molecular weight excluding hydrogens is 205 g/mol. The van der Waals surface area contributed by atoms with Crippen LogP contribution < -0.4 is 5.73 Å². The third-order valence-corrected chi connectivity index (χ3v) is 3.26. The number of benzene rings is 1. The molecule has 1 heterocycles. The van der Waals surface area contributed by atoms with Crippen LogP contribution in [0.15, 0.2) is 12.1 Å². The molecule has 2 unspecified atom stereocenters. The first kappa shape index (κ1) is 11.6. The lowest BCUT2D eigenvalue weighted by Gasteiger charge is -2.22. The van der Waals surface area contributed by atoms with E-state index in [-0.39, 0.29) is 18.0 Å². The summed E-state index contributed by atoms with van der Waals surface area (Å²) in [5, 5.41) is 0. The SMILES string of the molecule is Cc1cc(F)cc(C)c1C(N)C1CCCO1. The zero-order chi connectivity index (χ0) is 11.7. The van der Waals surface area contributed by atoms with E-state index in [1.165, 1.54) is 12.1 Å². The van der Waals surface area contributed by atoms with Gasteiger partial charge in [-0.1, -0.05) is 0 Å². The van der Waals surface area contributed by atoms with Gasteiger partial charge in [-0.25, -0.2) is 4.39 Å². The topological polar surface area (TPSA) is 35.2 Å². The Labute approximate surface area is 95.6 Å². The highest BCUT2D eigenvalue weighted by atomic mass is 19.1. The minimum absolute atomic E-state index is 0.0860. The average molecular weight is 223 g/mol. The highest BCUT2D eigenvalue weighted by molar-refractivity contribution is 5.37. The van der Waals surface area contributed by atoms with Gasteiger partial charge in [0.15, 0.2) is 0 Å². The maximum atomic E-state index is 13.2. The molecular formula is C13H18FNO. The fourth-order valence-corrected chi connectivity index (χ4v) is 2.52. The van der Waals surface area contributed by atoms with Crippen LogP contribution >= 0.6 is 0 Å². The highest BCUT2D eigenvalue weighted by Crippen LogP contribution is 2.29. The highest BCUT2D eigenvalue weighted by Gasteiger charge is 2.26. The van der Waals surface area contributed by atoms with Crippen molar-refractivity contribution in [1.29, 1.82) is 0 Å². The number of hydrogen-bond donors (Lipinski definition) is 1. The first-order chi connectivity index (χ1) is 7.59. The Bertz CT molecular complexity index is 363. The van der Waals surface area contributed by atoms with Crippen molar-refractivity contribution < 1.29 is 9.13 Å². The van der Waals surface area contributed by atoms with Crippen molar-refractivity contribution in [2.24, 2.45) is 5.73 Å². The molecule has 0 radical (unpaired) electrons. The lowest BCUT2D eigenvalue weighted by atomic mass is 9.92. The van der Waals surface area contributed by atoms with Gasteiger partial charge in [0, 0.05) is 6.61 Å². The van der Waals surface area contributed by atoms with Crippen LogP contribution in [0.1, 0.15) is 35.6 Å². The Morgan fingerprint density at radius 3 is 2.50 bits per heavy atom. The Hall–Kier alpha value is -0.930. The number of aryl methyl sites for hydroxylation is 2. The van der Waals surface area contributed by atoms with Crippen LogP contribution in [0.25, 0.3) is 0 Å². The number of halogens is 1. The van der Waals surface area contributed by atoms with Crippen LogP contribution in [-0.4, -0.2) is 12.7 Å². The number of nitrogens with two attached hydrogens (primary N) is 1. The summed E-state index contributed by atoms with van der Waals surface area (Å²) in [7, 11) is 0. The first-order valence-corrected chi connectivity index (χ1v) is 5.73. The lowest BCUT2D eigenvalue weighted by molar-refractivity contribution is 0.0897. The molecule has 0 saturated carbocycles. The van der Waals surface area contributed by atoms with Gasteiger partial charge in [-0.15, -0.1) is 0 Å². The van der Waals surface area contributed by atoms with Crippen LogP contribution in [0.3, 0.4) is 0 Å². The maximum Gasteiger partial charge on any atom is 0.123 e.